The zero-order valence-corrected chi connectivity index (χ0v) is 6.12. The number of hydrogen-bond acceptors (Lipinski definition) is 4. The van der Waals surface area contributed by atoms with Gasteiger partial charge in [0.25, 0.3) is 0 Å². The second-order valence-corrected chi connectivity index (χ2v) is 2.38. The van der Waals surface area contributed by atoms with Gasteiger partial charge in [-0.1, -0.05) is 0 Å². The number of carboxylic acid groups (broad SMARTS) is 1. The second kappa shape index (κ2) is 4.62. The molecule has 0 spiro atoms. The summed E-state index contributed by atoms with van der Waals surface area (Å²) < 4.78 is 3.93. The van der Waals surface area contributed by atoms with Crippen LogP contribution in [0, 0.1) is 0 Å². The standard InChI is InChI=1S/C2H4O5P2/c3-1(4)8-2(5)7-9-6/h6,8-9H,(H,3,4). The monoisotopic (exact) mass is 170 g/mol. The summed E-state index contributed by atoms with van der Waals surface area (Å²) in [5.74, 6) is 0. The molecule has 9 heavy (non-hydrogen) atoms. The first-order valence-corrected chi connectivity index (χ1v) is 3.62. The van der Waals surface area contributed by atoms with E-state index in [4.69, 9.17) is 10.00 Å². The molecule has 0 fully saturated rings. The average molecular weight is 170 g/mol. The predicted molar refractivity (Wildman–Crippen MR) is 33.4 cm³/mol. The van der Waals surface area contributed by atoms with Crippen molar-refractivity contribution in [2.45, 2.75) is 0 Å². The summed E-state index contributed by atoms with van der Waals surface area (Å²) in [6.07, 6.45) is 0. The van der Waals surface area contributed by atoms with E-state index < -0.39 is 29.0 Å². The minimum Gasteiger partial charge on any atom is -0.478 e. The molecule has 5 nitrogen and oxygen atoms in total. The smallest absolute Gasteiger partial charge is 0.338 e. The van der Waals surface area contributed by atoms with Crippen LogP contribution in [-0.4, -0.2) is 21.4 Å². The summed E-state index contributed by atoms with van der Waals surface area (Å²) in [5, 5.41) is 7.94. The molecule has 0 saturated carbocycles. The molecule has 0 amide bonds. The van der Waals surface area contributed by atoms with E-state index in [0.717, 1.165) is 0 Å². The van der Waals surface area contributed by atoms with Gasteiger partial charge in [-0.3, -0.25) is 0 Å². The summed E-state index contributed by atoms with van der Waals surface area (Å²) >= 11 is 0. The maximum Gasteiger partial charge on any atom is 0.338 e. The fraction of sp³-hybridized carbons (Fsp3) is 0. The van der Waals surface area contributed by atoms with E-state index >= 15 is 0 Å². The van der Waals surface area contributed by atoms with Crippen LogP contribution in [-0.2, 0) is 4.52 Å². The van der Waals surface area contributed by atoms with E-state index in [1.807, 2.05) is 0 Å². The molecule has 0 aliphatic rings. The van der Waals surface area contributed by atoms with Crippen molar-refractivity contribution >= 4 is 29.0 Å². The Bertz CT molecular complexity index is 122. The van der Waals surface area contributed by atoms with Gasteiger partial charge >= 0.3 is 11.4 Å². The van der Waals surface area contributed by atoms with Crippen LogP contribution in [0.15, 0.2) is 0 Å². The molecule has 0 bridgehead atoms. The lowest BCUT2D eigenvalue weighted by atomic mass is 11.6. The van der Waals surface area contributed by atoms with Gasteiger partial charge in [-0.15, -0.1) is 0 Å². The summed E-state index contributed by atoms with van der Waals surface area (Å²) in [4.78, 5) is 27.8. The quantitative estimate of drug-likeness (QED) is 0.616. The molecule has 0 radical (unpaired) electrons. The van der Waals surface area contributed by atoms with E-state index in [-0.39, 0.29) is 0 Å². The molecule has 0 saturated heterocycles. The molecular weight excluding hydrogens is 166 g/mol. The lowest BCUT2D eigenvalue weighted by Crippen LogP contribution is -1.90. The van der Waals surface area contributed by atoms with Gasteiger partial charge in [-0.05, 0) is 0 Å². The Morgan fingerprint density at radius 3 is 2.33 bits per heavy atom. The molecule has 0 aromatic rings. The Morgan fingerprint density at radius 2 is 2.00 bits per heavy atom. The summed E-state index contributed by atoms with van der Waals surface area (Å²) in [7, 11) is -1.90. The molecular formula is C2H4O5P2. The van der Waals surface area contributed by atoms with Gasteiger partial charge in [0.1, 0.15) is 8.58 Å². The van der Waals surface area contributed by atoms with Crippen molar-refractivity contribution in [2.24, 2.45) is 0 Å². The van der Waals surface area contributed by atoms with Gasteiger partial charge in [0, 0.05) is 0 Å². The van der Waals surface area contributed by atoms with Crippen LogP contribution in [0.4, 0.5) is 9.59 Å². The van der Waals surface area contributed by atoms with Gasteiger partial charge in [0.2, 0.25) is 9.03 Å². The van der Waals surface area contributed by atoms with Crippen LogP contribution >= 0.6 is 17.6 Å². The summed E-state index contributed by atoms with van der Waals surface area (Å²) in [5.41, 5.74) is -2.14. The third-order valence-corrected chi connectivity index (χ3v) is 1.35. The Hall–Kier alpha value is -0.240. The average Bonchev–Trinajstić information content (AvgIpc) is 1.63. The number of rotatable bonds is 3. The first-order valence-electron chi connectivity index (χ1n) is 1.76. The molecule has 2 atom stereocenters. The number of carbonyl (C=O) groups excluding carboxylic acids is 1. The lowest BCUT2D eigenvalue weighted by molar-refractivity contribution is 0.219. The van der Waals surface area contributed by atoms with Gasteiger partial charge in [0.15, 0.2) is 0 Å². The van der Waals surface area contributed by atoms with E-state index in [2.05, 4.69) is 4.52 Å². The fourth-order valence-electron chi connectivity index (χ4n) is 0.154. The molecule has 0 rings (SSSR count). The van der Waals surface area contributed by atoms with E-state index in [1.165, 1.54) is 0 Å². The number of carbonyl (C=O) groups is 2. The van der Waals surface area contributed by atoms with E-state index in [1.54, 1.807) is 0 Å². The first-order chi connectivity index (χ1) is 4.16. The topological polar surface area (TPSA) is 83.8 Å². The third-order valence-electron chi connectivity index (χ3n) is 0.347. The van der Waals surface area contributed by atoms with Crippen LogP contribution in [0.5, 0.6) is 0 Å². The summed E-state index contributed by atoms with van der Waals surface area (Å²) in [6, 6.07) is 0. The Kier molecular flexibility index (Phi) is 4.50. The van der Waals surface area contributed by atoms with Crippen LogP contribution in [0.1, 0.15) is 0 Å². The van der Waals surface area contributed by atoms with Crippen LogP contribution < -0.4 is 0 Å². The molecule has 7 heteroatoms. The second-order valence-electron chi connectivity index (χ2n) is 0.911. The number of hydrogen-bond donors (Lipinski definition) is 2. The Balaban J connectivity index is 3.39. The molecule has 0 aliphatic heterocycles. The zero-order valence-electron chi connectivity index (χ0n) is 4.12. The van der Waals surface area contributed by atoms with Gasteiger partial charge < -0.3 is 14.5 Å². The molecule has 0 heterocycles. The highest BCUT2D eigenvalue weighted by Gasteiger charge is 2.07. The largest absolute Gasteiger partial charge is 0.478 e. The zero-order chi connectivity index (χ0) is 7.28. The van der Waals surface area contributed by atoms with Crippen LogP contribution in [0.25, 0.3) is 0 Å². The molecule has 2 unspecified atom stereocenters. The maximum atomic E-state index is 10.1. The SMILES string of the molecule is O=C(O)PC(=O)OPO. The van der Waals surface area contributed by atoms with Crippen LogP contribution in [0.2, 0.25) is 0 Å². The van der Waals surface area contributed by atoms with Crippen LogP contribution in [0.3, 0.4) is 0 Å². The molecule has 0 aromatic carbocycles. The van der Waals surface area contributed by atoms with Crippen molar-refractivity contribution in [1.82, 2.24) is 0 Å². The summed E-state index contributed by atoms with van der Waals surface area (Å²) in [6.45, 7) is 0. The maximum absolute atomic E-state index is 10.1. The molecule has 52 valence electrons. The van der Waals surface area contributed by atoms with Crippen molar-refractivity contribution < 1.29 is 24.1 Å². The minimum atomic E-state index is -1.24. The Morgan fingerprint density at radius 1 is 1.44 bits per heavy atom. The van der Waals surface area contributed by atoms with Gasteiger partial charge in [-0.25, -0.2) is 9.59 Å². The highest BCUT2D eigenvalue weighted by molar-refractivity contribution is 7.73. The van der Waals surface area contributed by atoms with Crippen molar-refractivity contribution in [3.05, 3.63) is 0 Å². The first kappa shape index (κ1) is 8.76. The highest BCUT2D eigenvalue weighted by atomic mass is 31.1. The van der Waals surface area contributed by atoms with E-state index in [0.29, 0.717) is 0 Å². The van der Waals surface area contributed by atoms with Gasteiger partial charge in [0.05, 0.1) is 0 Å². The van der Waals surface area contributed by atoms with Crippen molar-refractivity contribution in [3.8, 4) is 0 Å². The molecule has 2 N–H and O–H groups in total. The minimum absolute atomic E-state index is 0.900. The molecule has 0 aliphatic carbocycles. The van der Waals surface area contributed by atoms with E-state index in [9.17, 15) is 9.59 Å². The fourth-order valence-corrected chi connectivity index (χ4v) is 0.753. The highest BCUT2D eigenvalue weighted by Crippen LogP contribution is 2.19. The normalized spacial score (nSPS) is 11.2. The molecule has 0 aromatic heterocycles. The lowest BCUT2D eigenvalue weighted by Gasteiger charge is -1.93. The van der Waals surface area contributed by atoms with Crippen molar-refractivity contribution in [2.75, 3.05) is 0 Å². The predicted octanol–water partition coefficient (Wildman–Crippen LogP) is 0.980. The van der Waals surface area contributed by atoms with Crippen molar-refractivity contribution in [3.63, 3.8) is 0 Å². The third kappa shape index (κ3) is 5.63. The van der Waals surface area contributed by atoms with Gasteiger partial charge in [-0.2, -0.15) is 0 Å². The van der Waals surface area contributed by atoms with Crippen molar-refractivity contribution in [1.29, 1.82) is 0 Å². The Labute approximate surface area is 54.1 Å².